The van der Waals surface area contributed by atoms with E-state index in [1.807, 2.05) is 60.7 Å². The van der Waals surface area contributed by atoms with Gasteiger partial charge in [-0.25, -0.2) is 23.3 Å². The van der Waals surface area contributed by atoms with Gasteiger partial charge in [0.1, 0.15) is 44.1 Å². The summed E-state index contributed by atoms with van der Waals surface area (Å²) in [7, 11) is -5.38. The Bertz CT molecular complexity index is 2470. The number of fused-ring (bicyclic) bond motifs is 1. The van der Waals surface area contributed by atoms with Crippen molar-refractivity contribution in [1.82, 2.24) is 18.3 Å². The van der Waals surface area contributed by atoms with Gasteiger partial charge < -0.3 is 28.1 Å². The summed E-state index contributed by atoms with van der Waals surface area (Å²) in [6, 6.07) is 20.0. The van der Waals surface area contributed by atoms with E-state index in [1.54, 1.807) is 6.92 Å². The first-order chi connectivity index (χ1) is 29.5. The van der Waals surface area contributed by atoms with E-state index in [0.29, 0.717) is 5.56 Å². The molecular formula is C42H55N4O14PSi. The van der Waals surface area contributed by atoms with Crippen molar-refractivity contribution < 1.29 is 46.2 Å². The van der Waals surface area contributed by atoms with Gasteiger partial charge in [-0.2, -0.15) is 0 Å². The zero-order chi connectivity index (χ0) is 44.4. The molecule has 0 bridgehead atoms. The highest BCUT2D eigenvalue weighted by Crippen LogP contribution is 2.57. The molecular weight excluding hydrogens is 844 g/mol. The fourth-order valence-electron chi connectivity index (χ4n) is 7.30. The Balaban J connectivity index is 1.06. The molecule has 0 aliphatic carbocycles. The molecule has 20 heteroatoms. The van der Waals surface area contributed by atoms with Crippen LogP contribution < -0.4 is 22.5 Å². The van der Waals surface area contributed by atoms with Gasteiger partial charge >= 0.3 is 19.2 Å². The van der Waals surface area contributed by atoms with Crippen LogP contribution >= 0.6 is 7.82 Å². The average Bonchev–Trinajstić information content (AvgIpc) is 3.80. The largest absolute Gasteiger partial charge is 0.475 e. The molecule has 0 radical (unpaired) electrons. The van der Waals surface area contributed by atoms with Gasteiger partial charge in [0, 0.05) is 37.6 Å². The molecule has 5 heterocycles. The normalized spacial score (nSPS) is 26.5. The SMILES string of the molecule is CO[C@@H]1[C@@H]2O[P@](=O)(OC[C@H]3O[C@@H](n4cc(C)c(=O)n(COCc5ccccc5)c4=O)C[C@@H]3O[Si](C)(C)C(C)(C)C)OC[C@H]2O[C@H]1n1ccc(=O)n(COCc2ccccc2)c1=O. The van der Waals surface area contributed by atoms with Crippen molar-refractivity contribution in [1.29, 1.82) is 0 Å². The van der Waals surface area contributed by atoms with E-state index in [-0.39, 0.29) is 51.3 Å². The number of aryl methyl sites for hydroxylation is 1. The summed E-state index contributed by atoms with van der Waals surface area (Å²) >= 11 is 0. The van der Waals surface area contributed by atoms with E-state index >= 15 is 0 Å². The number of nitrogens with zero attached hydrogens (tertiary/aromatic N) is 4. The highest BCUT2D eigenvalue weighted by Gasteiger charge is 2.55. The van der Waals surface area contributed by atoms with E-state index in [4.69, 9.17) is 41.7 Å². The second kappa shape index (κ2) is 18.9. The maximum atomic E-state index is 14.2. The Morgan fingerprint density at radius 1 is 0.839 bits per heavy atom. The van der Waals surface area contributed by atoms with Crippen LogP contribution in [0.25, 0.3) is 0 Å². The van der Waals surface area contributed by atoms with E-state index in [2.05, 4.69) is 33.9 Å². The second-order valence-electron chi connectivity index (χ2n) is 17.1. The van der Waals surface area contributed by atoms with Crippen molar-refractivity contribution >= 4 is 16.1 Å². The molecule has 7 rings (SSSR count). The molecule has 336 valence electrons. The number of benzene rings is 2. The van der Waals surface area contributed by atoms with Crippen molar-refractivity contribution in [3.05, 3.63) is 137 Å². The number of hydrogen-bond donors (Lipinski definition) is 0. The van der Waals surface area contributed by atoms with Crippen LogP contribution in [-0.2, 0) is 72.9 Å². The van der Waals surface area contributed by atoms with Gasteiger partial charge in [-0.1, -0.05) is 81.4 Å². The van der Waals surface area contributed by atoms with E-state index < -0.39 is 81.6 Å². The van der Waals surface area contributed by atoms with Crippen LogP contribution in [-0.4, -0.2) is 77.4 Å². The molecule has 3 aliphatic rings. The average molecular weight is 899 g/mol. The number of rotatable bonds is 16. The number of methoxy groups -OCH3 is 1. The Labute approximate surface area is 359 Å². The molecule has 0 saturated carbocycles. The summed E-state index contributed by atoms with van der Waals surface area (Å²) in [6.07, 6.45) is -3.24. The minimum absolute atomic E-state index is 0.181. The number of hydrogen-bond acceptors (Lipinski definition) is 14. The molecule has 4 aromatic rings. The topological polar surface area (TPSA) is 188 Å². The van der Waals surface area contributed by atoms with Gasteiger partial charge in [0.25, 0.3) is 11.1 Å². The number of phosphoric ester groups is 1. The zero-order valence-corrected chi connectivity index (χ0v) is 37.8. The van der Waals surface area contributed by atoms with E-state index in [1.165, 1.54) is 34.7 Å². The zero-order valence-electron chi connectivity index (χ0n) is 35.9. The molecule has 62 heavy (non-hydrogen) atoms. The predicted molar refractivity (Wildman–Crippen MR) is 227 cm³/mol. The van der Waals surface area contributed by atoms with Gasteiger partial charge in [-0.15, -0.1) is 0 Å². The number of aromatic nitrogens is 4. The van der Waals surface area contributed by atoms with Crippen LogP contribution in [0.1, 0.15) is 56.3 Å². The van der Waals surface area contributed by atoms with Gasteiger partial charge in [0.15, 0.2) is 14.5 Å². The molecule has 3 aliphatic heterocycles. The molecule has 0 unspecified atom stereocenters. The molecule has 0 amide bonds. The van der Waals surface area contributed by atoms with Crippen LogP contribution in [0.2, 0.25) is 18.1 Å². The predicted octanol–water partition coefficient (Wildman–Crippen LogP) is 4.82. The summed E-state index contributed by atoms with van der Waals surface area (Å²) in [5, 5.41) is -0.191. The molecule has 0 N–H and O–H groups in total. The van der Waals surface area contributed by atoms with E-state index in [9.17, 15) is 23.7 Å². The lowest BCUT2D eigenvalue weighted by Crippen LogP contribution is -2.46. The lowest BCUT2D eigenvalue weighted by molar-refractivity contribution is -0.0838. The Morgan fingerprint density at radius 3 is 2.06 bits per heavy atom. The lowest BCUT2D eigenvalue weighted by atomic mass is 10.1. The molecule has 2 aromatic carbocycles. The summed E-state index contributed by atoms with van der Waals surface area (Å²) in [5.41, 5.74) is -0.316. The summed E-state index contributed by atoms with van der Waals surface area (Å²) in [4.78, 5) is 53.5. The Kier molecular flexibility index (Phi) is 14.0. The quantitative estimate of drug-likeness (QED) is 0.110. The first kappa shape index (κ1) is 45.9. The first-order valence-electron chi connectivity index (χ1n) is 20.5. The van der Waals surface area contributed by atoms with Gasteiger partial charge in [-0.3, -0.25) is 32.3 Å². The molecule has 3 fully saturated rings. The second-order valence-corrected chi connectivity index (χ2v) is 23.5. The molecule has 0 spiro atoms. The molecule has 3 saturated heterocycles. The van der Waals surface area contributed by atoms with Gasteiger partial charge in [0.2, 0.25) is 0 Å². The van der Waals surface area contributed by atoms with Crippen molar-refractivity contribution in [2.24, 2.45) is 0 Å². The third-order valence-electron chi connectivity index (χ3n) is 11.7. The van der Waals surface area contributed by atoms with Crippen LogP contribution in [0.15, 0.2) is 98.3 Å². The highest BCUT2D eigenvalue weighted by atomic mass is 31.2. The smallest absolute Gasteiger partial charge is 0.411 e. The van der Waals surface area contributed by atoms with Crippen LogP contribution in [0.4, 0.5) is 0 Å². The third kappa shape index (κ3) is 9.98. The van der Waals surface area contributed by atoms with Crippen molar-refractivity contribution in [3.63, 3.8) is 0 Å². The fourth-order valence-corrected chi connectivity index (χ4v) is 10.1. The van der Waals surface area contributed by atoms with E-state index in [0.717, 1.165) is 20.3 Å². The monoisotopic (exact) mass is 898 g/mol. The maximum Gasteiger partial charge on any atom is 0.475 e. The van der Waals surface area contributed by atoms with Crippen LogP contribution in [0, 0.1) is 6.92 Å². The van der Waals surface area contributed by atoms with Crippen LogP contribution in [0.3, 0.4) is 0 Å². The summed E-state index contributed by atoms with van der Waals surface area (Å²) in [5.74, 6) is 0. The summed E-state index contributed by atoms with van der Waals surface area (Å²) in [6.45, 7) is 11.3. The molecule has 18 nitrogen and oxygen atoms in total. The maximum absolute atomic E-state index is 14.2. The molecule has 2 aromatic heterocycles. The Hall–Kier alpha value is -4.11. The highest BCUT2D eigenvalue weighted by molar-refractivity contribution is 7.48. The van der Waals surface area contributed by atoms with Gasteiger partial charge in [0.05, 0.1) is 32.5 Å². The fraction of sp³-hybridized carbons (Fsp3) is 0.524. The third-order valence-corrected chi connectivity index (χ3v) is 17.7. The first-order valence-corrected chi connectivity index (χ1v) is 24.8. The summed E-state index contributed by atoms with van der Waals surface area (Å²) < 4.78 is 73.1. The van der Waals surface area contributed by atoms with Crippen molar-refractivity contribution in [3.8, 4) is 0 Å². The minimum atomic E-state index is -4.33. The van der Waals surface area contributed by atoms with Crippen LogP contribution in [0.5, 0.6) is 0 Å². The molecule has 8 atom stereocenters. The number of phosphoric acid groups is 1. The number of ether oxygens (including phenoxy) is 5. The lowest BCUT2D eigenvalue weighted by Gasteiger charge is -2.39. The van der Waals surface area contributed by atoms with Gasteiger partial charge in [-0.05, 0) is 36.2 Å². The standard InChI is InChI=1S/C42H55N4O14PSi/c1-28-21-44(41(50)46(38(28)48)27-54-23-30-16-12-9-13-17-30)35-20-31(60-62(6,7)42(2,3)4)32(57-35)24-55-61(51)56-25-33-36(59-61)37(52-5)39(58-33)43-19-18-34(47)45(40(43)49)26-53-22-29-14-10-8-11-15-29/h8-19,21,31-33,35-37,39H,20,22-27H2,1-7H3/t31-,32+,33+,35+,36+,37+,39+,61+/m0/s1. The minimum Gasteiger partial charge on any atom is -0.411 e. The van der Waals surface area contributed by atoms with Crippen molar-refractivity contribution in [2.45, 2.75) is 122 Å². The Morgan fingerprint density at radius 2 is 1.45 bits per heavy atom. The van der Waals surface area contributed by atoms with Crippen molar-refractivity contribution in [2.75, 3.05) is 20.3 Å².